The minimum atomic E-state index is -1.02. The van der Waals surface area contributed by atoms with Gasteiger partial charge in [-0.05, 0) is 31.2 Å². The lowest BCUT2D eigenvalue weighted by Gasteiger charge is -2.13. The van der Waals surface area contributed by atoms with Crippen LogP contribution in [-0.4, -0.2) is 12.6 Å². The van der Waals surface area contributed by atoms with Crippen molar-refractivity contribution in [2.75, 3.05) is 17.7 Å². The van der Waals surface area contributed by atoms with Crippen molar-refractivity contribution in [1.82, 2.24) is 0 Å². The highest BCUT2D eigenvalue weighted by Crippen LogP contribution is 2.28. The number of carbonyl (C=O) groups is 1. The van der Waals surface area contributed by atoms with Gasteiger partial charge in [-0.2, -0.15) is 0 Å². The van der Waals surface area contributed by atoms with Gasteiger partial charge >= 0.3 is 5.97 Å². The molecule has 2 aromatic rings. The third kappa shape index (κ3) is 3.10. The summed E-state index contributed by atoms with van der Waals surface area (Å²) in [4.78, 5) is 11.7. The number of halogens is 2. The molecule has 0 aliphatic rings. The molecule has 0 saturated carbocycles. The van der Waals surface area contributed by atoms with Crippen LogP contribution in [0.1, 0.15) is 17.3 Å². The van der Waals surface area contributed by atoms with Crippen LogP contribution in [0.5, 0.6) is 0 Å². The summed E-state index contributed by atoms with van der Waals surface area (Å²) < 4.78 is 31.7. The fourth-order valence-corrected chi connectivity index (χ4v) is 1.81. The van der Waals surface area contributed by atoms with Crippen molar-refractivity contribution in [3.05, 3.63) is 53.6 Å². The molecular formula is C15H14F2N2O2. The molecule has 0 saturated heterocycles. The largest absolute Gasteiger partial charge is 0.462 e. The maximum absolute atomic E-state index is 13.6. The molecule has 0 atom stereocenters. The van der Waals surface area contributed by atoms with E-state index in [4.69, 9.17) is 10.5 Å². The number of hydrogen-bond acceptors (Lipinski definition) is 4. The van der Waals surface area contributed by atoms with Gasteiger partial charge in [0.05, 0.1) is 29.2 Å². The van der Waals surface area contributed by atoms with Crippen LogP contribution in [0, 0.1) is 11.6 Å². The zero-order valence-corrected chi connectivity index (χ0v) is 11.3. The molecular weight excluding hydrogens is 278 g/mol. The van der Waals surface area contributed by atoms with Gasteiger partial charge in [0, 0.05) is 0 Å². The summed E-state index contributed by atoms with van der Waals surface area (Å²) in [5.74, 6) is -2.56. The Morgan fingerprint density at radius 2 is 1.86 bits per heavy atom. The van der Waals surface area contributed by atoms with Gasteiger partial charge in [0.15, 0.2) is 11.6 Å². The van der Waals surface area contributed by atoms with Gasteiger partial charge in [0.2, 0.25) is 0 Å². The minimum Gasteiger partial charge on any atom is -0.462 e. The van der Waals surface area contributed by atoms with Crippen molar-refractivity contribution in [2.45, 2.75) is 6.92 Å². The van der Waals surface area contributed by atoms with Crippen molar-refractivity contribution in [2.24, 2.45) is 0 Å². The third-order valence-corrected chi connectivity index (χ3v) is 2.82. The Morgan fingerprint density at radius 3 is 2.57 bits per heavy atom. The van der Waals surface area contributed by atoms with Crippen molar-refractivity contribution in [1.29, 1.82) is 0 Å². The van der Waals surface area contributed by atoms with Crippen LogP contribution in [0.4, 0.5) is 25.8 Å². The van der Waals surface area contributed by atoms with Gasteiger partial charge in [-0.1, -0.05) is 12.1 Å². The highest BCUT2D eigenvalue weighted by atomic mass is 19.2. The molecule has 3 N–H and O–H groups in total. The van der Waals surface area contributed by atoms with Crippen LogP contribution in [0.25, 0.3) is 0 Å². The summed E-state index contributed by atoms with van der Waals surface area (Å²) in [6.45, 7) is 1.90. The number of esters is 1. The van der Waals surface area contributed by atoms with Gasteiger partial charge in [0.1, 0.15) is 0 Å². The molecule has 0 spiro atoms. The molecule has 0 amide bonds. The van der Waals surface area contributed by atoms with E-state index in [9.17, 15) is 13.6 Å². The van der Waals surface area contributed by atoms with Gasteiger partial charge in [-0.15, -0.1) is 0 Å². The fourth-order valence-electron chi connectivity index (χ4n) is 1.81. The summed E-state index contributed by atoms with van der Waals surface area (Å²) in [6.07, 6.45) is 0. The molecule has 4 nitrogen and oxygen atoms in total. The second-order valence-corrected chi connectivity index (χ2v) is 4.21. The average Bonchev–Trinajstić information content (AvgIpc) is 2.46. The van der Waals surface area contributed by atoms with Crippen molar-refractivity contribution in [3.8, 4) is 0 Å². The maximum Gasteiger partial charge on any atom is 0.340 e. The summed E-state index contributed by atoms with van der Waals surface area (Å²) in [6, 6.07) is 8.38. The topological polar surface area (TPSA) is 64.3 Å². The molecule has 0 heterocycles. The van der Waals surface area contributed by atoms with Crippen LogP contribution in [0.15, 0.2) is 36.4 Å². The standard InChI is InChI=1S/C15H14F2N2O2/c1-2-21-15(20)9-5-3-8-12(14(9)18)19-11-7-4-6-10(16)13(11)17/h3-8,19H,2,18H2,1H3. The van der Waals surface area contributed by atoms with Gasteiger partial charge < -0.3 is 15.8 Å². The molecule has 0 aliphatic heterocycles. The third-order valence-electron chi connectivity index (χ3n) is 2.82. The number of nitrogens with one attached hydrogen (secondary N) is 1. The Bertz CT molecular complexity index is 675. The lowest BCUT2D eigenvalue weighted by Crippen LogP contribution is -2.09. The van der Waals surface area contributed by atoms with E-state index in [1.165, 1.54) is 18.2 Å². The predicted octanol–water partition coefficient (Wildman–Crippen LogP) is 3.47. The van der Waals surface area contributed by atoms with Crippen molar-refractivity contribution >= 4 is 23.0 Å². The molecule has 0 aliphatic carbocycles. The summed E-state index contributed by atoms with van der Waals surface area (Å²) in [5.41, 5.74) is 6.38. The lowest BCUT2D eigenvalue weighted by molar-refractivity contribution is 0.0527. The molecule has 0 radical (unpaired) electrons. The number of carbonyl (C=O) groups excluding carboxylic acids is 1. The van der Waals surface area contributed by atoms with E-state index in [0.29, 0.717) is 5.69 Å². The van der Waals surface area contributed by atoms with E-state index in [-0.39, 0.29) is 23.5 Å². The second kappa shape index (κ2) is 6.21. The van der Waals surface area contributed by atoms with Crippen LogP contribution in [0.2, 0.25) is 0 Å². The van der Waals surface area contributed by atoms with E-state index >= 15 is 0 Å². The van der Waals surface area contributed by atoms with Gasteiger partial charge in [-0.25, -0.2) is 13.6 Å². The molecule has 6 heteroatoms. The number of benzene rings is 2. The molecule has 110 valence electrons. The number of nitrogens with two attached hydrogens (primary N) is 1. The van der Waals surface area contributed by atoms with E-state index < -0.39 is 17.6 Å². The number of rotatable bonds is 4. The molecule has 0 unspecified atom stereocenters. The summed E-state index contributed by atoms with van der Waals surface area (Å²) in [7, 11) is 0. The number of para-hydroxylation sites is 1. The van der Waals surface area contributed by atoms with Crippen LogP contribution < -0.4 is 11.1 Å². The second-order valence-electron chi connectivity index (χ2n) is 4.21. The van der Waals surface area contributed by atoms with E-state index in [2.05, 4.69) is 5.32 Å². The maximum atomic E-state index is 13.6. The zero-order chi connectivity index (χ0) is 15.4. The van der Waals surface area contributed by atoms with Crippen LogP contribution in [0.3, 0.4) is 0 Å². The molecule has 0 aromatic heterocycles. The van der Waals surface area contributed by atoms with Crippen LogP contribution in [-0.2, 0) is 4.74 Å². The Morgan fingerprint density at radius 1 is 1.19 bits per heavy atom. The summed E-state index contributed by atoms with van der Waals surface area (Å²) in [5, 5.41) is 2.67. The van der Waals surface area contributed by atoms with E-state index in [1.54, 1.807) is 19.1 Å². The normalized spacial score (nSPS) is 10.2. The van der Waals surface area contributed by atoms with Crippen LogP contribution >= 0.6 is 0 Å². The average molecular weight is 292 g/mol. The monoisotopic (exact) mass is 292 g/mol. The zero-order valence-electron chi connectivity index (χ0n) is 11.3. The number of ether oxygens (including phenoxy) is 1. The lowest BCUT2D eigenvalue weighted by atomic mass is 10.1. The Balaban J connectivity index is 2.35. The molecule has 2 aromatic carbocycles. The molecule has 2 rings (SSSR count). The fraction of sp³-hybridized carbons (Fsp3) is 0.133. The molecule has 0 bridgehead atoms. The first-order chi connectivity index (χ1) is 10.0. The van der Waals surface area contributed by atoms with E-state index in [0.717, 1.165) is 6.07 Å². The smallest absolute Gasteiger partial charge is 0.340 e. The first-order valence-corrected chi connectivity index (χ1v) is 6.31. The van der Waals surface area contributed by atoms with Gasteiger partial charge in [-0.3, -0.25) is 0 Å². The highest BCUT2D eigenvalue weighted by molar-refractivity contribution is 5.98. The van der Waals surface area contributed by atoms with E-state index in [1.807, 2.05) is 0 Å². The summed E-state index contributed by atoms with van der Waals surface area (Å²) >= 11 is 0. The Kier molecular flexibility index (Phi) is 4.37. The SMILES string of the molecule is CCOC(=O)c1cccc(Nc2cccc(F)c2F)c1N. The predicted molar refractivity (Wildman–Crippen MR) is 76.5 cm³/mol. The Labute approximate surface area is 120 Å². The van der Waals surface area contributed by atoms with Gasteiger partial charge in [0.25, 0.3) is 0 Å². The van der Waals surface area contributed by atoms with Crippen molar-refractivity contribution < 1.29 is 18.3 Å². The first-order valence-electron chi connectivity index (χ1n) is 6.31. The molecule has 0 fully saturated rings. The minimum absolute atomic E-state index is 0.0669. The highest BCUT2D eigenvalue weighted by Gasteiger charge is 2.15. The number of anilines is 3. The van der Waals surface area contributed by atoms with Crippen molar-refractivity contribution in [3.63, 3.8) is 0 Å². The first kappa shape index (κ1) is 14.8. The Hall–Kier alpha value is -2.63. The number of nitrogen functional groups attached to an aromatic ring is 1. The molecule has 21 heavy (non-hydrogen) atoms. The number of hydrogen-bond donors (Lipinski definition) is 2. The quantitative estimate of drug-likeness (QED) is 0.669.